The van der Waals surface area contributed by atoms with Gasteiger partial charge in [0.05, 0.1) is 12.7 Å². The number of hydrogen-bond acceptors (Lipinski definition) is 2. The fourth-order valence-corrected chi connectivity index (χ4v) is 2.32. The molecule has 0 aliphatic carbocycles. The largest absolute Gasteiger partial charge is 0.358 e. The highest BCUT2D eigenvalue weighted by Crippen LogP contribution is 2.22. The van der Waals surface area contributed by atoms with Gasteiger partial charge in [0, 0.05) is 7.05 Å². The number of alkyl halides is 1. The van der Waals surface area contributed by atoms with Crippen LogP contribution in [0.2, 0.25) is 0 Å². The third-order valence-corrected chi connectivity index (χ3v) is 3.37. The van der Waals surface area contributed by atoms with Gasteiger partial charge in [-0.1, -0.05) is 12.8 Å². The summed E-state index contributed by atoms with van der Waals surface area (Å²) in [5, 5.41) is 5.95. The monoisotopic (exact) mass is 230 g/mol. The molecule has 1 heterocycles. The Morgan fingerprint density at radius 3 is 2.88 bits per heavy atom. The smallest absolute Gasteiger partial charge is 0.236 e. The molecule has 0 saturated carbocycles. The zero-order chi connectivity index (χ0) is 11.8. The highest BCUT2D eigenvalue weighted by atomic mass is 19.1. The summed E-state index contributed by atoms with van der Waals surface area (Å²) < 4.78 is 12.0. The van der Waals surface area contributed by atoms with E-state index >= 15 is 0 Å². The fraction of sp³-hybridized carbons (Fsp3) is 0.917. The molecule has 94 valence electrons. The van der Waals surface area contributed by atoms with E-state index in [0.717, 1.165) is 38.6 Å². The topological polar surface area (TPSA) is 41.1 Å². The average Bonchev–Trinajstić information content (AvgIpc) is 2.54. The second kappa shape index (κ2) is 7.60. The molecule has 2 N–H and O–H groups in total. The van der Waals surface area contributed by atoms with E-state index in [1.807, 2.05) is 0 Å². The summed E-state index contributed by atoms with van der Waals surface area (Å²) >= 11 is 0. The molecule has 1 fully saturated rings. The summed E-state index contributed by atoms with van der Waals surface area (Å²) in [6, 6.07) is -0.0313. The van der Waals surface area contributed by atoms with E-state index in [9.17, 15) is 9.18 Å². The zero-order valence-electron chi connectivity index (χ0n) is 10.1. The van der Waals surface area contributed by atoms with Gasteiger partial charge in [-0.3, -0.25) is 9.18 Å². The van der Waals surface area contributed by atoms with Crippen molar-refractivity contribution >= 4 is 5.91 Å². The Hall–Kier alpha value is -0.640. The Labute approximate surface area is 97.2 Å². The maximum atomic E-state index is 12.0. The highest BCUT2D eigenvalue weighted by molar-refractivity contribution is 5.81. The molecule has 0 aromatic heterocycles. The van der Waals surface area contributed by atoms with Gasteiger partial charge in [-0.25, -0.2) is 0 Å². The van der Waals surface area contributed by atoms with Gasteiger partial charge in [-0.05, 0) is 38.1 Å². The standard InChI is InChI=1S/C12H23FN2O/c1-14-12(16)11-6-5-10(7-9-15-11)4-2-3-8-13/h10-11,15H,2-9H2,1H3,(H,14,16)/t10?,11-/m0/s1. The van der Waals surface area contributed by atoms with Crippen LogP contribution in [0.5, 0.6) is 0 Å². The summed E-state index contributed by atoms with van der Waals surface area (Å²) in [6.45, 7) is 0.699. The van der Waals surface area contributed by atoms with Crippen molar-refractivity contribution < 1.29 is 9.18 Å². The van der Waals surface area contributed by atoms with Gasteiger partial charge in [-0.15, -0.1) is 0 Å². The summed E-state index contributed by atoms with van der Waals surface area (Å²) in [6.07, 6.45) is 5.86. The second-order valence-corrected chi connectivity index (χ2v) is 4.54. The van der Waals surface area contributed by atoms with Crippen molar-refractivity contribution in [2.75, 3.05) is 20.3 Å². The molecular formula is C12H23FN2O. The first-order valence-corrected chi connectivity index (χ1v) is 6.29. The van der Waals surface area contributed by atoms with Crippen LogP contribution in [0.1, 0.15) is 38.5 Å². The molecule has 3 nitrogen and oxygen atoms in total. The predicted octanol–water partition coefficient (Wildman–Crippen LogP) is 1.63. The lowest BCUT2D eigenvalue weighted by Gasteiger charge is -2.14. The first-order chi connectivity index (χ1) is 7.77. The number of unbranched alkanes of at least 4 members (excludes halogenated alkanes) is 1. The van der Waals surface area contributed by atoms with Crippen LogP contribution in [-0.4, -0.2) is 32.2 Å². The molecular weight excluding hydrogens is 207 g/mol. The van der Waals surface area contributed by atoms with Crippen LogP contribution in [0.15, 0.2) is 0 Å². The van der Waals surface area contributed by atoms with Crippen molar-refractivity contribution in [3.05, 3.63) is 0 Å². The Kier molecular flexibility index (Phi) is 6.38. The predicted molar refractivity (Wildman–Crippen MR) is 63.0 cm³/mol. The molecule has 1 aliphatic heterocycles. The molecule has 4 heteroatoms. The third-order valence-electron chi connectivity index (χ3n) is 3.37. The normalized spacial score (nSPS) is 26.1. The quantitative estimate of drug-likeness (QED) is 0.705. The van der Waals surface area contributed by atoms with E-state index in [2.05, 4.69) is 10.6 Å². The van der Waals surface area contributed by atoms with Crippen LogP contribution in [0, 0.1) is 5.92 Å². The van der Waals surface area contributed by atoms with Gasteiger partial charge in [-0.2, -0.15) is 0 Å². The number of hydrogen-bond donors (Lipinski definition) is 2. The molecule has 1 amide bonds. The van der Waals surface area contributed by atoms with E-state index in [1.54, 1.807) is 7.05 Å². The van der Waals surface area contributed by atoms with E-state index in [4.69, 9.17) is 0 Å². The van der Waals surface area contributed by atoms with Gasteiger partial charge in [0.15, 0.2) is 0 Å². The van der Waals surface area contributed by atoms with E-state index < -0.39 is 0 Å². The first kappa shape index (κ1) is 13.4. The number of carbonyl (C=O) groups is 1. The molecule has 2 atom stereocenters. The van der Waals surface area contributed by atoms with Crippen LogP contribution in [0.3, 0.4) is 0 Å². The van der Waals surface area contributed by atoms with Crippen LogP contribution in [-0.2, 0) is 4.79 Å². The summed E-state index contributed by atoms with van der Waals surface area (Å²) in [4.78, 5) is 11.5. The van der Waals surface area contributed by atoms with Crippen molar-refractivity contribution in [2.45, 2.75) is 44.6 Å². The molecule has 1 saturated heterocycles. The van der Waals surface area contributed by atoms with Gasteiger partial charge < -0.3 is 10.6 Å². The Bertz CT molecular complexity index is 211. The van der Waals surface area contributed by atoms with Gasteiger partial charge in [0.1, 0.15) is 0 Å². The van der Waals surface area contributed by atoms with Crippen molar-refractivity contribution in [1.29, 1.82) is 0 Å². The van der Waals surface area contributed by atoms with Crippen molar-refractivity contribution in [3.63, 3.8) is 0 Å². The minimum absolute atomic E-state index is 0.0313. The molecule has 0 bridgehead atoms. The van der Waals surface area contributed by atoms with E-state index in [1.165, 1.54) is 0 Å². The number of amides is 1. The molecule has 16 heavy (non-hydrogen) atoms. The third kappa shape index (κ3) is 4.47. The molecule has 0 spiro atoms. The molecule has 0 radical (unpaired) electrons. The van der Waals surface area contributed by atoms with Crippen molar-refractivity contribution in [2.24, 2.45) is 5.92 Å². The second-order valence-electron chi connectivity index (χ2n) is 4.54. The first-order valence-electron chi connectivity index (χ1n) is 6.29. The highest BCUT2D eigenvalue weighted by Gasteiger charge is 2.22. The minimum Gasteiger partial charge on any atom is -0.358 e. The van der Waals surface area contributed by atoms with E-state index in [0.29, 0.717) is 12.3 Å². The fourth-order valence-electron chi connectivity index (χ4n) is 2.32. The summed E-state index contributed by atoms with van der Waals surface area (Å²) in [5.41, 5.74) is 0. The zero-order valence-corrected chi connectivity index (χ0v) is 10.1. The molecule has 1 aliphatic rings. The Morgan fingerprint density at radius 2 is 2.19 bits per heavy atom. The molecule has 1 unspecified atom stereocenters. The number of nitrogens with one attached hydrogen (secondary N) is 2. The van der Waals surface area contributed by atoms with Crippen molar-refractivity contribution in [1.82, 2.24) is 10.6 Å². The Balaban J connectivity index is 2.26. The molecule has 0 aromatic rings. The average molecular weight is 230 g/mol. The number of halogens is 1. The van der Waals surface area contributed by atoms with Gasteiger partial charge in [0.2, 0.25) is 5.91 Å². The number of likely N-dealkylation sites (N-methyl/N-ethyl adjacent to an activating group) is 1. The van der Waals surface area contributed by atoms with Crippen molar-refractivity contribution in [3.8, 4) is 0 Å². The molecule has 0 aromatic carbocycles. The maximum absolute atomic E-state index is 12.0. The Morgan fingerprint density at radius 1 is 1.38 bits per heavy atom. The lowest BCUT2D eigenvalue weighted by atomic mass is 9.93. The van der Waals surface area contributed by atoms with Gasteiger partial charge >= 0.3 is 0 Å². The SMILES string of the molecule is CNC(=O)[C@@H]1CCC(CCCCF)CCN1. The molecule has 1 rings (SSSR count). The number of carbonyl (C=O) groups excluding carboxylic acids is 1. The lowest BCUT2D eigenvalue weighted by molar-refractivity contribution is -0.122. The van der Waals surface area contributed by atoms with Gasteiger partial charge in [0.25, 0.3) is 0 Å². The van der Waals surface area contributed by atoms with Crippen LogP contribution >= 0.6 is 0 Å². The van der Waals surface area contributed by atoms with E-state index in [-0.39, 0.29) is 18.6 Å². The van der Waals surface area contributed by atoms with Crippen LogP contribution in [0.4, 0.5) is 4.39 Å². The number of rotatable bonds is 5. The summed E-state index contributed by atoms with van der Waals surface area (Å²) in [5.74, 6) is 0.748. The summed E-state index contributed by atoms with van der Waals surface area (Å²) in [7, 11) is 1.67. The maximum Gasteiger partial charge on any atom is 0.236 e. The van der Waals surface area contributed by atoms with Crippen LogP contribution in [0.25, 0.3) is 0 Å². The van der Waals surface area contributed by atoms with Crippen LogP contribution < -0.4 is 10.6 Å². The lowest BCUT2D eigenvalue weighted by Crippen LogP contribution is -2.42. The minimum atomic E-state index is -0.203.